The third-order valence-corrected chi connectivity index (χ3v) is 11.7. The summed E-state index contributed by atoms with van der Waals surface area (Å²) in [5.74, 6) is -1.83. The SMILES string of the molecule is CCCCCCCCC(CCCCCC)C(=O)OCCCCCOC(=O)O[C@@H](CC(=O)OCCCN(C)C)C(=O)OCCCCCOC(=O)C(CCCCCC)CCCCCCCC. The lowest BCUT2D eigenvalue weighted by molar-refractivity contribution is -0.161. The maximum absolute atomic E-state index is 13.0. The maximum Gasteiger partial charge on any atom is 0.509 e. The lowest BCUT2D eigenvalue weighted by Crippen LogP contribution is -2.33. The molecular weight excluding hydrogens is 815 g/mol. The highest BCUT2D eigenvalue weighted by Gasteiger charge is 2.29. The summed E-state index contributed by atoms with van der Waals surface area (Å²) < 4.78 is 32.6. The molecule has 0 aliphatic heterocycles. The second-order valence-corrected chi connectivity index (χ2v) is 18.1. The summed E-state index contributed by atoms with van der Waals surface area (Å²) in [6.07, 6.45) is 28.1. The molecule has 0 amide bonds. The first-order chi connectivity index (χ1) is 31.1. The standard InChI is InChI=1S/C52H97NO11/c1-7-11-15-19-21-27-36-45(34-25-17-13-9-3)49(55)60-39-29-23-31-41-62-51(57)47(44-48(54)59-43-33-38-53(5)6)64-52(58)63-42-32-24-30-40-61-50(56)46(35-26-18-14-10-4)37-28-22-20-16-12-8-2/h45-47H,7-44H2,1-6H3/t45?,46?,47-/m0/s1. The fourth-order valence-electron chi connectivity index (χ4n) is 7.60. The van der Waals surface area contributed by atoms with Crippen LogP contribution in [0.2, 0.25) is 0 Å². The van der Waals surface area contributed by atoms with Crippen molar-refractivity contribution in [2.45, 2.75) is 239 Å². The molecule has 0 saturated carbocycles. The molecule has 0 fully saturated rings. The number of rotatable bonds is 46. The molecule has 0 aromatic rings. The van der Waals surface area contributed by atoms with Crippen molar-refractivity contribution in [2.24, 2.45) is 11.8 Å². The number of esters is 4. The third-order valence-electron chi connectivity index (χ3n) is 11.7. The molecule has 3 atom stereocenters. The Balaban J connectivity index is 4.82. The summed E-state index contributed by atoms with van der Waals surface area (Å²) in [6, 6.07) is 0. The van der Waals surface area contributed by atoms with Crippen molar-refractivity contribution in [3.63, 3.8) is 0 Å². The summed E-state index contributed by atoms with van der Waals surface area (Å²) >= 11 is 0. The van der Waals surface area contributed by atoms with E-state index in [9.17, 15) is 24.0 Å². The number of hydrogen-bond donors (Lipinski definition) is 0. The summed E-state index contributed by atoms with van der Waals surface area (Å²) in [4.78, 5) is 66.2. The summed E-state index contributed by atoms with van der Waals surface area (Å²) in [6.45, 7) is 10.4. The summed E-state index contributed by atoms with van der Waals surface area (Å²) in [5, 5.41) is 0. The Labute approximate surface area is 391 Å². The van der Waals surface area contributed by atoms with Gasteiger partial charge in [0.1, 0.15) is 0 Å². The Bertz CT molecular complexity index is 1130. The van der Waals surface area contributed by atoms with Gasteiger partial charge in [0, 0.05) is 6.54 Å². The molecule has 12 heteroatoms. The maximum atomic E-state index is 13.0. The van der Waals surface area contributed by atoms with Gasteiger partial charge >= 0.3 is 30.0 Å². The first kappa shape index (κ1) is 61.1. The topological polar surface area (TPSA) is 144 Å². The number of carbonyl (C=O) groups excluding carboxylic acids is 5. The van der Waals surface area contributed by atoms with Crippen molar-refractivity contribution < 1.29 is 52.4 Å². The van der Waals surface area contributed by atoms with Crippen LogP contribution < -0.4 is 0 Å². The molecule has 0 bridgehead atoms. The van der Waals surface area contributed by atoms with Crippen molar-refractivity contribution in [3.8, 4) is 0 Å². The van der Waals surface area contributed by atoms with E-state index in [4.69, 9.17) is 28.4 Å². The van der Waals surface area contributed by atoms with Crippen molar-refractivity contribution in [3.05, 3.63) is 0 Å². The van der Waals surface area contributed by atoms with Crippen LogP contribution in [-0.4, -0.2) is 94.7 Å². The molecule has 0 radical (unpaired) electrons. The Morgan fingerprint density at radius 3 is 1.11 bits per heavy atom. The number of hydrogen-bond acceptors (Lipinski definition) is 12. The van der Waals surface area contributed by atoms with Crippen LogP contribution in [0.25, 0.3) is 0 Å². The number of unbranched alkanes of at least 4 members (excludes halogenated alkanes) is 20. The quantitative estimate of drug-likeness (QED) is 0.0326. The van der Waals surface area contributed by atoms with E-state index in [1.165, 1.54) is 64.2 Å². The zero-order chi connectivity index (χ0) is 47.3. The Morgan fingerprint density at radius 1 is 0.375 bits per heavy atom. The lowest BCUT2D eigenvalue weighted by atomic mass is 9.94. The van der Waals surface area contributed by atoms with Crippen molar-refractivity contribution in [2.75, 3.05) is 53.7 Å². The van der Waals surface area contributed by atoms with Crippen molar-refractivity contribution in [1.82, 2.24) is 4.90 Å². The van der Waals surface area contributed by atoms with Crippen molar-refractivity contribution >= 4 is 30.0 Å². The smallest absolute Gasteiger partial charge is 0.466 e. The molecule has 2 unspecified atom stereocenters. The fourth-order valence-corrected chi connectivity index (χ4v) is 7.60. The molecule has 0 rings (SSSR count). The molecule has 0 spiro atoms. The van der Waals surface area contributed by atoms with Gasteiger partial charge in [-0.25, -0.2) is 9.59 Å². The zero-order valence-electron chi connectivity index (χ0n) is 42.0. The van der Waals surface area contributed by atoms with Crippen LogP contribution in [0.3, 0.4) is 0 Å². The van der Waals surface area contributed by atoms with Gasteiger partial charge in [-0.3, -0.25) is 14.4 Å². The van der Waals surface area contributed by atoms with Gasteiger partial charge < -0.3 is 33.3 Å². The molecule has 0 saturated heterocycles. The zero-order valence-corrected chi connectivity index (χ0v) is 42.0. The van der Waals surface area contributed by atoms with E-state index < -0.39 is 30.6 Å². The van der Waals surface area contributed by atoms with E-state index in [2.05, 4.69) is 27.7 Å². The van der Waals surface area contributed by atoms with Gasteiger partial charge in [-0.05, 0) is 84.7 Å². The van der Waals surface area contributed by atoms with Crippen LogP contribution in [-0.2, 0) is 47.6 Å². The van der Waals surface area contributed by atoms with Crippen LogP contribution in [0.1, 0.15) is 233 Å². The van der Waals surface area contributed by atoms with E-state index in [0.29, 0.717) is 58.2 Å². The molecule has 64 heavy (non-hydrogen) atoms. The van der Waals surface area contributed by atoms with Crippen LogP contribution in [0.4, 0.5) is 4.79 Å². The minimum atomic E-state index is -1.51. The van der Waals surface area contributed by atoms with Crippen LogP contribution in [0.15, 0.2) is 0 Å². The highest BCUT2D eigenvalue weighted by atomic mass is 16.7. The van der Waals surface area contributed by atoms with Gasteiger partial charge in [0.25, 0.3) is 0 Å². The Kier molecular flexibility index (Phi) is 43.2. The molecule has 376 valence electrons. The molecule has 0 aromatic heterocycles. The number of nitrogens with zero attached hydrogens (tertiary/aromatic N) is 1. The minimum Gasteiger partial charge on any atom is -0.466 e. The largest absolute Gasteiger partial charge is 0.509 e. The van der Waals surface area contributed by atoms with Crippen LogP contribution in [0.5, 0.6) is 0 Å². The molecular formula is C52H97NO11. The Morgan fingerprint density at radius 2 is 0.703 bits per heavy atom. The summed E-state index contributed by atoms with van der Waals surface area (Å²) in [5.41, 5.74) is 0. The lowest BCUT2D eigenvalue weighted by Gasteiger charge is -2.17. The van der Waals surface area contributed by atoms with E-state index in [1.807, 2.05) is 19.0 Å². The summed E-state index contributed by atoms with van der Waals surface area (Å²) in [7, 11) is 3.84. The molecule has 0 aliphatic carbocycles. The van der Waals surface area contributed by atoms with E-state index in [1.54, 1.807) is 0 Å². The van der Waals surface area contributed by atoms with Crippen LogP contribution >= 0.6 is 0 Å². The van der Waals surface area contributed by atoms with Crippen molar-refractivity contribution in [1.29, 1.82) is 0 Å². The van der Waals surface area contributed by atoms with Gasteiger partial charge in [0.05, 0.1) is 51.3 Å². The molecule has 0 aliphatic rings. The van der Waals surface area contributed by atoms with Gasteiger partial charge in [0.2, 0.25) is 6.10 Å². The van der Waals surface area contributed by atoms with E-state index in [0.717, 1.165) is 96.4 Å². The minimum absolute atomic E-state index is 0.0464. The molecule has 0 aromatic carbocycles. The molecule has 12 nitrogen and oxygen atoms in total. The third kappa shape index (κ3) is 38.4. The Hall–Kier alpha value is -2.89. The van der Waals surface area contributed by atoms with Crippen LogP contribution in [0, 0.1) is 11.8 Å². The van der Waals surface area contributed by atoms with E-state index >= 15 is 0 Å². The molecule has 0 N–H and O–H groups in total. The van der Waals surface area contributed by atoms with Gasteiger partial charge in [-0.15, -0.1) is 0 Å². The average molecular weight is 912 g/mol. The first-order valence-corrected chi connectivity index (χ1v) is 26.2. The number of ether oxygens (including phenoxy) is 6. The first-order valence-electron chi connectivity index (χ1n) is 26.2. The fraction of sp³-hybridized carbons (Fsp3) is 0.904. The highest BCUT2D eigenvalue weighted by Crippen LogP contribution is 2.22. The van der Waals surface area contributed by atoms with Gasteiger partial charge in [-0.1, -0.05) is 156 Å². The van der Waals surface area contributed by atoms with Gasteiger partial charge in [-0.2, -0.15) is 0 Å². The van der Waals surface area contributed by atoms with E-state index in [-0.39, 0.29) is 43.6 Å². The second kappa shape index (κ2) is 45.3. The monoisotopic (exact) mass is 912 g/mol. The number of carbonyl (C=O) groups is 5. The predicted octanol–water partition coefficient (Wildman–Crippen LogP) is 13.0. The normalized spacial score (nSPS) is 12.7. The second-order valence-electron chi connectivity index (χ2n) is 18.1. The predicted molar refractivity (Wildman–Crippen MR) is 256 cm³/mol. The van der Waals surface area contributed by atoms with Gasteiger partial charge in [0.15, 0.2) is 0 Å². The molecule has 0 heterocycles. The highest BCUT2D eigenvalue weighted by molar-refractivity contribution is 5.83. The average Bonchev–Trinajstić information content (AvgIpc) is 3.27.